The SMILES string of the molecule is CCCNC(CCCC1CCCO1)C1C2CCCCC21. The molecule has 3 rings (SSSR count). The van der Waals surface area contributed by atoms with Crippen LogP contribution in [-0.2, 0) is 4.74 Å². The Morgan fingerprint density at radius 3 is 2.55 bits per heavy atom. The average Bonchev–Trinajstić information content (AvgIpc) is 2.96. The fraction of sp³-hybridized carbons (Fsp3) is 1.00. The third kappa shape index (κ3) is 3.57. The van der Waals surface area contributed by atoms with Gasteiger partial charge >= 0.3 is 0 Å². The maximum absolute atomic E-state index is 5.77. The molecule has 4 atom stereocenters. The first kappa shape index (κ1) is 14.8. The smallest absolute Gasteiger partial charge is 0.0576 e. The summed E-state index contributed by atoms with van der Waals surface area (Å²) in [6.45, 7) is 4.51. The van der Waals surface area contributed by atoms with Gasteiger partial charge in [-0.25, -0.2) is 0 Å². The summed E-state index contributed by atoms with van der Waals surface area (Å²) in [6.07, 6.45) is 14.5. The molecule has 0 aromatic carbocycles. The fourth-order valence-corrected chi connectivity index (χ4v) is 4.84. The summed E-state index contributed by atoms with van der Waals surface area (Å²) in [7, 11) is 0. The van der Waals surface area contributed by atoms with Crippen LogP contribution in [0.1, 0.15) is 71.1 Å². The molecule has 4 unspecified atom stereocenters. The van der Waals surface area contributed by atoms with Crippen LogP contribution in [0.4, 0.5) is 0 Å². The molecule has 0 bridgehead atoms. The number of rotatable bonds is 8. The van der Waals surface area contributed by atoms with Crippen molar-refractivity contribution < 1.29 is 4.74 Å². The lowest BCUT2D eigenvalue weighted by atomic mass is 10.00. The van der Waals surface area contributed by atoms with E-state index in [4.69, 9.17) is 4.74 Å². The molecule has 2 nitrogen and oxygen atoms in total. The first-order valence-electron chi connectivity index (χ1n) is 9.25. The molecule has 0 radical (unpaired) electrons. The van der Waals surface area contributed by atoms with Crippen LogP contribution in [-0.4, -0.2) is 25.3 Å². The third-order valence-electron chi connectivity index (χ3n) is 5.91. The van der Waals surface area contributed by atoms with Gasteiger partial charge in [-0.2, -0.15) is 0 Å². The van der Waals surface area contributed by atoms with Crippen molar-refractivity contribution in [1.29, 1.82) is 0 Å². The molecular weight excluding hydrogens is 246 g/mol. The molecule has 1 aliphatic heterocycles. The van der Waals surface area contributed by atoms with Gasteiger partial charge in [0.1, 0.15) is 0 Å². The fourth-order valence-electron chi connectivity index (χ4n) is 4.84. The standard InChI is InChI=1S/C18H33NO/c1-2-12-19-17(11-5-7-14-8-6-13-20-14)18-15-9-3-4-10-16(15)18/h14-19H,2-13H2,1H3. The summed E-state index contributed by atoms with van der Waals surface area (Å²) in [5, 5.41) is 3.87. The monoisotopic (exact) mass is 279 g/mol. The van der Waals surface area contributed by atoms with Gasteiger partial charge in [0.2, 0.25) is 0 Å². The Bertz CT molecular complexity index is 275. The molecule has 2 aliphatic carbocycles. The van der Waals surface area contributed by atoms with Crippen LogP contribution in [0.2, 0.25) is 0 Å². The Hall–Kier alpha value is -0.0800. The minimum atomic E-state index is 0.586. The average molecular weight is 279 g/mol. The molecule has 116 valence electrons. The number of ether oxygens (including phenoxy) is 1. The predicted octanol–water partition coefficient (Wildman–Crippen LogP) is 4.14. The molecule has 0 amide bonds. The summed E-state index contributed by atoms with van der Waals surface area (Å²) in [5.74, 6) is 3.19. The van der Waals surface area contributed by atoms with Gasteiger partial charge in [-0.1, -0.05) is 19.8 Å². The van der Waals surface area contributed by atoms with Crippen LogP contribution in [0.5, 0.6) is 0 Å². The van der Waals surface area contributed by atoms with Crippen molar-refractivity contribution in [3.63, 3.8) is 0 Å². The van der Waals surface area contributed by atoms with E-state index in [2.05, 4.69) is 12.2 Å². The van der Waals surface area contributed by atoms with Gasteiger partial charge in [-0.05, 0) is 75.7 Å². The third-order valence-corrected chi connectivity index (χ3v) is 5.91. The predicted molar refractivity (Wildman–Crippen MR) is 83.8 cm³/mol. The molecule has 1 N–H and O–H groups in total. The van der Waals surface area contributed by atoms with E-state index in [1.54, 1.807) is 0 Å². The van der Waals surface area contributed by atoms with Crippen LogP contribution in [0, 0.1) is 17.8 Å². The van der Waals surface area contributed by atoms with E-state index in [0.29, 0.717) is 6.10 Å². The Morgan fingerprint density at radius 2 is 1.90 bits per heavy atom. The van der Waals surface area contributed by atoms with Gasteiger partial charge in [0.05, 0.1) is 6.10 Å². The van der Waals surface area contributed by atoms with E-state index in [9.17, 15) is 0 Å². The molecule has 0 spiro atoms. The molecule has 3 aliphatic rings. The van der Waals surface area contributed by atoms with Gasteiger partial charge in [-0.15, -0.1) is 0 Å². The number of hydrogen-bond donors (Lipinski definition) is 1. The summed E-state index contributed by atoms with van der Waals surface area (Å²) < 4.78 is 5.77. The number of fused-ring (bicyclic) bond motifs is 1. The Balaban J connectivity index is 1.43. The molecule has 2 heteroatoms. The maximum atomic E-state index is 5.77. The van der Waals surface area contributed by atoms with Crippen molar-refractivity contribution in [2.45, 2.75) is 83.3 Å². The second kappa shape index (κ2) is 7.26. The minimum absolute atomic E-state index is 0.586. The van der Waals surface area contributed by atoms with Crippen LogP contribution in [0.15, 0.2) is 0 Å². The van der Waals surface area contributed by atoms with E-state index in [-0.39, 0.29) is 0 Å². The van der Waals surface area contributed by atoms with Gasteiger partial charge in [0, 0.05) is 12.6 Å². The van der Waals surface area contributed by atoms with Crippen LogP contribution in [0.25, 0.3) is 0 Å². The zero-order chi connectivity index (χ0) is 13.8. The van der Waals surface area contributed by atoms with Crippen molar-refractivity contribution >= 4 is 0 Å². The van der Waals surface area contributed by atoms with Crippen molar-refractivity contribution in [2.24, 2.45) is 17.8 Å². The van der Waals surface area contributed by atoms with Crippen LogP contribution >= 0.6 is 0 Å². The Labute approximate surface area is 125 Å². The van der Waals surface area contributed by atoms with Crippen LogP contribution < -0.4 is 5.32 Å². The first-order valence-corrected chi connectivity index (χ1v) is 9.25. The highest BCUT2D eigenvalue weighted by atomic mass is 16.5. The van der Waals surface area contributed by atoms with Gasteiger partial charge in [-0.3, -0.25) is 0 Å². The molecule has 2 saturated carbocycles. The van der Waals surface area contributed by atoms with Crippen molar-refractivity contribution in [3.8, 4) is 0 Å². The number of hydrogen-bond acceptors (Lipinski definition) is 2. The summed E-state index contributed by atoms with van der Waals surface area (Å²) in [6, 6.07) is 0.810. The zero-order valence-electron chi connectivity index (χ0n) is 13.3. The lowest BCUT2D eigenvalue weighted by Crippen LogP contribution is -2.33. The number of nitrogens with one attached hydrogen (secondary N) is 1. The van der Waals surface area contributed by atoms with E-state index >= 15 is 0 Å². The quantitative estimate of drug-likeness (QED) is 0.721. The molecule has 20 heavy (non-hydrogen) atoms. The van der Waals surface area contributed by atoms with E-state index < -0.39 is 0 Å². The normalized spacial score (nSPS) is 37.6. The second-order valence-electron chi connectivity index (χ2n) is 7.32. The largest absolute Gasteiger partial charge is 0.378 e. The highest BCUT2D eigenvalue weighted by Crippen LogP contribution is 2.57. The summed E-state index contributed by atoms with van der Waals surface area (Å²) >= 11 is 0. The van der Waals surface area contributed by atoms with Crippen molar-refractivity contribution in [1.82, 2.24) is 5.32 Å². The second-order valence-corrected chi connectivity index (χ2v) is 7.32. The lowest BCUT2D eigenvalue weighted by molar-refractivity contribution is 0.101. The molecule has 1 saturated heterocycles. The molecule has 0 aromatic rings. The molecular formula is C18H33NO. The van der Waals surface area contributed by atoms with Gasteiger partial charge < -0.3 is 10.1 Å². The zero-order valence-corrected chi connectivity index (χ0v) is 13.3. The minimum Gasteiger partial charge on any atom is -0.378 e. The topological polar surface area (TPSA) is 21.3 Å². The summed E-state index contributed by atoms with van der Waals surface area (Å²) in [5.41, 5.74) is 0. The van der Waals surface area contributed by atoms with Gasteiger partial charge in [0.15, 0.2) is 0 Å². The van der Waals surface area contributed by atoms with E-state index in [1.165, 1.54) is 70.8 Å². The van der Waals surface area contributed by atoms with Gasteiger partial charge in [0.25, 0.3) is 0 Å². The molecule has 3 fully saturated rings. The first-order chi connectivity index (χ1) is 9.90. The van der Waals surface area contributed by atoms with E-state index in [0.717, 1.165) is 30.4 Å². The summed E-state index contributed by atoms with van der Waals surface area (Å²) in [4.78, 5) is 0. The van der Waals surface area contributed by atoms with Crippen LogP contribution in [0.3, 0.4) is 0 Å². The molecule has 0 aromatic heterocycles. The highest BCUT2D eigenvalue weighted by Gasteiger charge is 2.53. The highest BCUT2D eigenvalue weighted by molar-refractivity contribution is 5.04. The van der Waals surface area contributed by atoms with E-state index in [1.807, 2.05) is 0 Å². The molecule has 1 heterocycles. The lowest BCUT2D eigenvalue weighted by Gasteiger charge is -2.20. The Morgan fingerprint density at radius 1 is 1.10 bits per heavy atom. The Kier molecular flexibility index (Phi) is 5.39. The van der Waals surface area contributed by atoms with Crippen molar-refractivity contribution in [3.05, 3.63) is 0 Å². The van der Waals surface area contributed by atoms with Crippen molar-refractivity contribution in [2.75, 3.05) is 13.2 Å². The maximum Gasteiger partial charge on any atom is 0.0576 e.